The number of hydrogen-bond donors (Lipinski definition) is 0. The van der Waals surface area contributed by atoms with E-state index in [1.165, 1.54) is 0 Å². The Labute approximate surface area is 69.5 Å². The summed E-state index contributed by atoms with van der Waals surface area (Å²) in [6.07, 6.45) is -8.08. The summed E-state index contributed by atoms with van der Waals surface area (Å²) >= 11 is 0. The first kappa shape index (κ1) is 12.5. The number of sulfone groups is 1. The molecular weight excluding hydrogens is 226 g/mol. The van der Waals surface area contributed by atoms with Gasteiger partial charge in [0.05, 0.1) is 0 Å². The van der Waals surface area contributed by atoms with Gasteiger partial charge in [-0.2, -0.15) is 0 Å². The molecular formula is C4H4F6O2S. The Morgan fingerprint density at radius 2 is 0.923 bits per heavy atom. The lowest BCUT2D eigenvalue weighted by molar-refractivity contribution is 0.0707. The van der Waals surface area contributed by atoms with E-state index in [9.17, 15) is 34.8 Å². The van der Waals surface area contributed by atoms with Gasteiger partial charge in [0.15, 0.2) is 0 Å². The van der Waals surface area contributed by atoms with Crippen LogP contribution in [-0.2, 0) is 9.84 Å². The van der Waals surface area contributed by atoms with Crippen molar-refractivity contribution in [1.29, 1.82) is 0 Å². The molecule has 0 aromatic carbocycles. The molecule has 0 aliphatic carbocycles. The standard InChI is InChI=1S/C4H4F6O2S/c5-1(6)3(9)13(11,12)4(10)2(7)8/h1-4H. The third-order valence-electron chi connectivity index (χ3n) is 1.02. The van der Waals surface area contributed by atoms with Gasteiger partial charge in [-0.25, -0.2) is 34.8 Å². The van der Waals surface area contributed by atoms with Gasteiger partial charge in [0, 0.05) is 0 Å². The van der Waals surface area contributed by atoms with Crippen LogP contribution in [-0.4, -0.2) is 32.3 Å². The van der Waals surface area contributed by atoms with Crippen molar-refractivity contribution in [2.24, 2.45) is 0 Å². The molecule has 0 heterocycles. The smallest absolute Gasteiger partial charge is 0.223 e. The fourth-order valence-electron chi connectivity index (χ4n) is 0.411. The van der Waals surface area contributed by atoms with E-state index < -0.39 is 33.7 Å². The summed E-state index contributed by atoms with van der Waals surface area (Å²) in [4.78, 5) is 0. The van der Waals surface area contributed by atoms with Crippen molar-refractivity contribution in [2.45, 2.75) is 23.9 Å². The molecule has 9 heteroatoms. The summed E-state index contributed by atoms with van der Waals surface area (Å²) < 4.78 is 89.9. The fourth-order valence-corrected chi connectivity index (χ4v) is 1.23. The first-order valence-electron chi connectivity index (χ1n) is 2.78. The zero-order valence-electron chi connectivity index (χ0n) is 5.80. The molecule has 0 aromatic rings. The lowest BCUT2D eigenvalue weighted by atomic mass is 10.8. The Kier molecular flexibility index (Phi) is 4.01. The van der Waals surface area contributed by atoms with Crippen LogP contribution in [0, 0.1) is 0 Å². The molecule has 0 aromatic heterocycles. The van der Waals surface area contributed by atoms with Crippen LogP contribution in [0.1, 0.15) is 0 Å². The predicted molar refractivity (Wildman–Crippen MR) is 30.7 cm³/mol. The van der Waals surface area contributed by atoms with E-state index >= 15 is 0 Å². The quantitative estimate of drug-likeness (QED) is 0.686. The van der Waals surface area contributed by atoms with Crippen molar-refractivity contribution >= 4 is 9.84 Å². The average molecular weight is 230 g/mol. The van der Waals surface area contributed by atoms with Gasteiger partial charge in [-0.1, -0.05) is 0 Å². The van der Waals surface area contributed by atoms with E-state index in [1.54, 1.807) is 0 Å². The highest BCUT2D eigenvalue weighted by Crippen LogP contribution is 2.22. The second-order valence-electron chi connectivity index (χ2n) is 1.96. The Morgan fingerprint density at radius 1 is 0.692 bits per heavy atom. The molecule has 0 saturated heterocycles. The van der Waals surface area contributed by atoms with Crippen molar-refractivity contribution in [3.63, 3.8) is 0 Å². The largest absolute Gasteiger partial charge is 0.283 e. The van der Waals surface area contributed by atoms with Crippen LogP contribution in [0.15, 0.2) is 0 Å². The minimum atomic E-state index is -5.77. The maximum absolute atomic E-state index is 12.0. The number of rotatable bonds is 4. The van der Waals surface area contributed by atoms with Crippen molar-refractivity contribution < 1.29 is 34.8 Å². The molecule has 0 saturated carbocycles. The maximum Gasteiger partial charge on any atom is 0.283 e. The Morgan fingerprint density at radius 3 is 1.08 bits per heavy atom. The topological polar surface area (TPSA) is 34.1 Å². The van der Waals surface area contributed by atoms with E-state index in [2.05, 4.69) is 0 Å². The van der Waals surface area contributed by atoms with Crippen molar-refractivity contribution in [3.8, 4) is 0 Å². The Bertz CT molecular complexity index is 229. The van der Waals surface area contributed by atoms with Crippen LogP contribution in [0.25, 0.3) is 0 Å². The molecule has 80 valence electrons. The predicted octanol–water partition coefficient (Wildman–Crippen LogP) is 1.52. The van der Waals surface area contributed by atoms with Crippen LogP contribution in [0.4, 0.5) is 26.3 Å². The van der Waals surface area contributed by atoms with Gasteiger partial charge in [-0.15, -0.1) is 0 Å². The van der Waals surface area contributed by atoms with E-state index in [0.717, 1.165) is 0 Å². The SMILES string of the molecule is O=S(=O)(C(F)C(F)F)C(F)C(F)F. The van der Waals surface area contributed by atoms with Crippen molar-refractivity contribution in [1.82, 2.24) is 0 Å². The van der Waals surface area contributed by atoms with Gasteiger partial charge in [0.25, 0.3) is 23.9 Å². The van der Waals surface area contributed by atoms with Crippen molar-refractivity contribution in [2.75, 3.05) is 0 Å². The van der Waals surface area contributed by atoms with Gasteiger partial charge >= 0.3 is 0 Å². The van der Waals surface area contributed by atoms with Crippen LogP contribution in [0.5, 0.6) is 0 Å². The van der Waals surface area contributed by atoms with Gasteiger partial charge in [0.1, 0.15) is 0 Å². The second kappa shape index (κ2) is 4.16. The lowest BCUT2D eigenvalue weighted by Gasteiger charge is -2.11. The Hall–Kier alpha value is -0.470. The van der Waals surface area contributed by atoms with Crippen molar-refractivity contribution in [3.05, 3.63) is 0 Å². The highest BCUT2D eigenvalue weighted by Gasteiger charge is 2.45. The molecule has 2 atom stereocenters. The lowest BCUT2D eigenvalue weighted by Crippen LogP contribution is -2.35. The Balaban J connectivity index is 4.77. The first-order valence-corrected chi connectivity index (χ1v) is 4.39. The molecule has 0 aliphatic heterocycles. The summed E-state index contributed by atoms with van der Waals surface area (Å²) in [5.74, 6) is 0. The molecule has 0 aliphatic rings. The molecule has 0 rings (SSSR count). The molecule has 2 unspecified atom stereocenters. The molecule has 0 spiro atoms. The summed E-state index contributed by atoms with van der Waals surface area (Å²) in [7, 11) is -5.77. The second-order valence-corrected chi connectivity index (χ2v) is 4.04. The van der Waals surface area contributed by atoms with E-state index in [4.69, 9.17) is 0 Å². The number of hydrogen-bond acceptors (Lipinski definition) is 2. The summed E-state index contributed by atoms with van der Waals surface area (Å²) in [6.45, 7) is 0. The van der Waals surface area contributed by atoms with Crippen LogP contribution >= 0.6 is 0 Å². The molecule has 0 N–H and O–H groups in total. The summed E-state index contributed by atoms with van der Waals surface area (Å²) in [6, 6.07) is 0. The molecule has 13 heavy (non-hydrogen) atoms. The molecule has 2 nitrogen and oxygen atoms in total. The highest BCUT2D eigenvalue weighted by atomic mass is 32.2. The van der Waals surface area contributed by atoms with Gasteiger partial charge in [-0.3, -0.25) is 0 Å². The summed E-state index contributed by atoms with van der Waals surface area (Å²) in [5, 5.41) is 0. The van der Waals surface area contributed by atoms with E-state index in [0.29, 0.717) is 0 Å². The number of alkyl halides is 6. The zero-order valence-corrected chi connectivity index (χ0v) is 6.62. The van der Waals surface area contributed by atoms with Crippen LogP contribution in [0.3, 0.4) is 0 Å². The fraction of sp³-hybridized carbons (Fsp3) is 1.00. The van der Waals surface area contributed by atoms with Gasteiger partial charge in [-0.05, 0) is 0 Å². The van der Waals surface area contributed by atoms with E-state index in [1.807, 2.05) is 0 Å². The third kappa shape index (κ3) is 2.75. The summed E-state index contributed by atoms with van der Waals surface area (Å²) in [5.41, 5.74) is -7.84. The minimum absolute atomic E-state index is 3.92. The van der Waals surface area contributed by atoms with E-state index in [-0.39, 0.29) is 0 Å². The zero-order chi connectivity index (χ0) is 10.8. The molecule has 0 amide bonds. The van der Waals surface area contributed by atoms with Gasteiger partial charge in [0.2, 0.25) is 9.84 Å². The maximum atomic E-state index is 12.0. The number of halogens is 6. The molecule has 0 bridgehead atoms. The average Bonchev–Trinajstić information content (AvgIpc) is 2.01. The minimum Gasteiger partial charge on any atom is -0.223 e. The highest BCUT2D eigenvalue weighted by molar-refractivity contribution is 7.92. The monoisotopic (exact) mass is 230 g/mol. The normalized spacial score (nSPS) is 17.8. The third-order valence-corrected chi connectivity index (χ3v) is 2.69. The first-order chi connectivity index (χ1) is 5.71. The molecule has 0 fully saturated rings. The van der Waals surface area contributed by atoms with Crippen LogP contribution in [0.2, 0.25) is 0 Å². The molecule has 0 radical (unpaired) electrons. The van der Waals surface area contributed by atoms with Gasteiger partial charge < -0.3 is 0 Å². The van der Waals surface area contributed by atoms with Crippen LogP contribution < -0.4 is 0 Å².